The van der Waals surface area contributed by atoms with Crippen LogP contribution in [0.3, 0.4) is 0 Å². The van der Waals surface area contributed by atoms with Gasteiger partial charge in [0.25, 0.3) is 0 Å². The van der Waals surface area contributed by atoms with Crippen LogP contribution in [-0.4, -0.2) is 7.11 Å². The molecule has 3 N–H and O–H groups in total. The second kappa shape index (κ2) is 8.02. The van der Waals surface area contributed by atoms with Gasteiger partial charge >= 0.3 is 0 Å². The highest BCUT2D eigenvalue weighted by molar-refractivity contribution is 6.32. The van der Waals surface area contributed by atoms with Gasteiger partial charge in [0.15, 0.2) is 0 Å². The van der Waals surface area contributed by atoms with Crippen molar-refractivity contribution in [3.05, 3.63) is 28.8 Å². The van der Waals surface area contributed by atoms with Gasteiger partial charge in [-0.25, -0.2) is 0 Å². The summed E-state index contributed by atoms with van der Waals surface area (Å²) in [7, 11) is 1.64. The molecular formula is C17H27ClN2O. The lowest BCUT2D eigenvalue weighted by Gasteiger charge is -2.34. The third-order valence-electron chi connectivity index (χ3n) is 4.77. The van der Waals surface area contributed by atoms with E-state index in [0.29, 0.717) is 16.7 Å². The van der Waals surface area contributed by atoms with E-state index >= 15 is 0 Å². The van der Waals surface area contributed by atoms with Crippen LogP contribution in [-0.2, 0) is 0 Å². The third-order valence-corrected chi connectivity index (χ3v) is 5.09. The van der Waals surface area contributed by atoms with Crippen LogP contribution in [0.4, 0.5) is 0 Å². The van der Waals surface area contributed by atoms with Gasteiger partial charge in [-0.15, -0.1) is 0 Å². The maximum atomic E-state index is 6.11. The van der Waals surface area contributed by atoms with E-state index in [-0.39, 0.29) is 6.04 Å². The predicted octanol–water partition coefficient (Wildman–Crippen LogP) is 4.46. The zero-order valence-corrected chi connectivity index (χ0v) is 13.8. The fourth-order valence-electron chi connectivity index (χ4n) is 3.59. The van der Waals surface area contributed by atoms with Gasteiger partial charge in [-0.3, -0.25) is 11.3 Å². The van der Waals surface area contributed by atoms with Crippen LogP contribution in [0.5, 0.6) is 5.75 Å². The van der Waals surface area contributed by atoms with E-state index in [1.807, 2.05) is 18.2 Å². The first-order chi connectivity index (χ1) is 10.2. The molecule has 2 rings (SSSR count). The summed E-state index contributed by atoms with van der Waals surface area (Å²) >= 11 is 6.11. The third kappa shape index (κ3) is 4.12. The van der Waals surface area contributed by atoms with Crippen molar-refractivity contribution in [1.29, 1.82) is 0 Å². The van der Waals surface area contributed by atoms with Crippen molar-refractivity contribution in [2.24, 2.45) is 17.7 Å². The molecule has 3 nitrogen and oxygen atoms in total. The van der Waals surface area contributed by atoms with Crippen LogP contribution in [0.25, 0.3) is 0 Å². The van der Waals surface area contributed by atoms with Gasteiger partial charge in [-0.2, -0.15) is 0 Å². The van der Waals surface area contributed by atoms with E-state index in [1.54, 1.807) is 7.11 Å². The van der Waals surface area contributed by atoms with Crippen molar-refractivity contribution in [1.82, 2.24) is 5.43 Å². The van der Waals surface area contributed by atoms with Gasteiger partial charge in [0.05, 0.1) is 12.1 Å². The molecule has 0 amide bonds. The Kier molecular flexibility index (Phi) is 6.34. The molecular weight excluding hydrogens is 284 g/mol. The Bertz CT molecular complexity index is 444. The molecule has 0 heterocycles. The summed E-state index contributed by atoms with van der Waals surface area (Å²) in [6.07, 6.45) is 7.78. The molecule has 21 heavy (non-hydrogen) atoms. The number of hydrogen-bond acceptors (Lipinski definition) is 3. The number of hydrogen-bond donors (Lipinski definition) is 2. The summed E-state index contributed by atoms with van der Waals surface area (Å²) in [6.45, 7) is 2.27. The number of halogens is 1. The molecule has 118 valence electrons. The molecule has 1 fully saturated rings. The Morgan fingerprint density at radius 2 is 2.05 bits per heavy atom. The first kappa shape index (κ1) is 16.6. The van der Waals surface area contributed by atoms with Gasteiger partial charge in [0.2, 0.25) is 0 Å². The molecule has 1 aromatic carbocycles. The van der Waals surface area contributed by atoms with Crippen LogP contribution >= 0.6 is 11.6 Å². The van der Waals surface area contributed by atoms with Crippen molar-refractivity contribution in [2.45, 2.75) is 51.5 Å². The second-order valence-corrected chi connectivity index (χ2v) is 6.52. The van der Waals surface area contributed by atoms with Gasteiger partial charge < -0.3 is 4.74 Å². The average molecular weight is 311 g/mol. The lowest BCUT2D eigenvalue weighted by Crippen LogP contribution is -2.35. The Labute approximate surface area is 133 Å². The number of nitrogens with one attached hydrogen (secondary N) is 1. The van der Waals surface area contributed by atoms with E-state index in [1.165, 1.54) is 38.5 Å². The summed E-state index contributed by atoms with van der Waals surface area (Å²) in [5.74, 6) is 8.05. The van der Waals surface area contributed by atoms with E-state index in [2.05, 4.69) is 12.3 Å². The van der Waals surface area contributed by atoms with Crippen molar-refractivity contribution < 1.29 is 4.74 Å². The number of benzene rings is 1. The van der Waals surface area contributed by atoms with Gasteiger partial charge in [0, 0.05) is 6.04 Å². The molecule has 0 radical (unpaired) electrons. The van der Waals surface area contributed by atoms with E-state index in [0.717, 1.165) is 11.5 Å². The number of rotatable bonds is 6. The fourth-order valence-corrected chi connectivity index (χ4v) is 3.79. The SMILES string of the molecule is CCCC1CCC(C(NN)c2ccc(Cl)c(OC)c2)CC1. The van der Waals surface area contributed by atoms with Crippen molar-refractivity contribution >= 4 is 11.6 Å². The Morgan fingerprint density at radius 3 is 2.62 bits per heavy atom. The molecule has 0 saturated heterocycles. The lowest BCUT2D eigenvalue weighted by atomic mass is 9.75. The predicted molar refractivity (Wildman–Crippen MR) is 88.4 cm³/mol. The smallest absolute Gasteiger partial charge is 0.137 e. The number of ether oxygens (including phenoxy) is 1. The minimum absolute atomic E-state index is 0.179. The summed E-state index contributed by atoms with van der Waals surface area (Å²) in [4.78, 5) is 0. The zero-order chi connectivity index (χ0) is 15.2. The van der Waals surface area contributed by atoms with Crippen molar-refractivity contribution in [2.75, 3.05) is 7.11 Å². The molecule has 1 saturated carbocycles. The minimum atomic E-state index is 0.179. The minimum Gasteiger partial charge on any atom is -0.495 e. The van der Waals surface area contributed by atoms with Crippen LogP contribution in [0.1, 0.15) is 57.1 Å². The number of nitrogens with two attached hydrogens (primary N) is 1. The van der Waals surface area contributed by atoms with Crippen LogP contribution in [0.15, 0.2) is 18.2 Å². The summed E-state index contributed by atoms with van der Waals surface area (Å²) in [6, 6.07) is 6.13. The van der Waals surface area contributed by atoms with Crippen LogP contribution in [0, 0.1) is 11.8 Å². The molecule has 1 atom stereocenters. The van der Waals surface area contributed by atoms with Crippen LogP contribution < -0.4 is 16.0 Å². The molecule has 1 aliphatic rings. The summed E-state index contributed by atoms with van der Waals surface area (Å²) < 4.78 is 5.32. The Hall–Kier alpha value is -0.770. The quantitative estimate of drug-likeness (QED) is 0.602. The molecule has 1 aliphatic carbocycles. The standard InChI is InChI=1S/C17H27ClN2O/c1-3-4-12-5-7-13(8-6-12)17(20-19)14-9-10-15(18)16(11-14)21-2/h9-13,17,20H,3-8,19H2,1-2H3. The van der Waals surface area contributed by atoms with Gasteiger partial charge in [-0.05, 0) is 42.4 Å². The van der Waals surface area contributed by atoms with Crippen molar-refractivity contribution in [3.8, 4) is 5.75 Å². The highest BCUT2D eigenvalue weighted by atomic mass is 35.5. The maximum absolute atomic E-state index is 6.11. The second-order valence-electron chi connectivity index (χ2n) is 6.11. The molecule has 0 aliphatic heterocycles. The molecule has 4 heteroatoms. The summed E-state index contributed by atoms with van der Waals surface area (Å²) in [5.41, 5.74) is 4.17. The highest BCUT2D eigenvalue weighted by Crippen LogP contribution is 2.39. The normalized spacial score (nSPS) is 23.8. The first-order valence-electron chi connectivity index (χ1n) is 7.99. The van der Waals surface area contributed by atoms with E-state index < -0.39 is 0 Å². The molecule has 0 spiro atoms. The first-order valence-corrected chi connectivity index (χ1v) is 8.37. The maximum Gasteiger partial charge on any atom is 0.137 e. The highest BCUT2D eigenvalue weighted by Gasteiger charge is 2.28. The molecule has 0 aromatic heterocycles. The van der Waals surface area contributed by atoms with Crippen molar-refractivity contribution in [3.63, 3.8) is 0 Å². The largest absolute Gasteiger partial charge is 0.495 e. The van der Waals surface area contributed by atoms with Gasteiger partial charge in [0.1, 0.15) is 5.75 Å². The topological polar surface area (TPSA) is 47.3 Å². The van der Waals surface area contributed by atoms with E-state index in [9.17, 15) is 0 Å². The summed E-state index contributed by atoms with van der Waals surface area (Å²) in [5, 5.41) is 0.642. The monoisotopic (exact) mass is 310 g/mol. The zero-order valence-electron chi connectivity index (χ0n) is 13.1. The lowest BCUT2D eigenvalue weighted by molar-refractivity contribution is 0.215. The number of methoxy groups -OCH3 is 1. The molecule has 1 unspecified atom stereocenters. The molecule has 1 aromatic rings. The Morgan fingerprint density at radius 1 is 1.33 bits per heavy atom. The number of hydrazine groups is 1. The average Bonchev–Trinajstić information content (AvgIpc) is 2.51. The van der Waals surface area contributed by atoms with Crippen LogP contribution in [0.2, 0.25) is 5.02 Å². The fraction of sp³-hybridized carbons (Fsp3) is 0.647. The molecule has 0 bridgehead atoms. The van der Waals surface area contributed by atoms with Gasteiger partial charge in [-0.1, -0.05) is 50.3 Å². The van der Waals surface area contributed by atoms with E-state index in [4.69, 9.17) is 22.2 Å². The Balaban J connectivity index is 2.06.